The Labute approximate surface area is 146 Å². The van der Waals surface area contributed by atoms with Gasteiger partial charge in [-0.3, -0.25) is 9.59 Å². The van der Waals surface area contributed by atoms with Gasteiger partial charge in [-0.1, -0.05) is 11.6 Å². The van der Waals surface area contributed by atoms with Gasteiger partial charge in [0.2, 0.25) is 5.91 Å². The number of hydrogen-bond donors (Lipinski definition) is 2. The van der Waals surface area contributed by atoms with Gasteiger partial charge < -0.3 is 20.1 Å². The van der Waals surface area contributed by atoms with Gasteiger partial charge in [0.25, 0.3) is 5.91 Å². The first kappa shape index (κ1) is 18.4. The van der Waals surface area contributed by atoms with Crippen molar-refractivity contribution in [3.63, 3.8) is 0 Å². The maximum absolute atomic E-state index is 12.4. The van der Waals surface area contributed by atoms with E-state index < -0.39 is 11.9 Å². The molecule has 0 unspecified atom stereocenters. The number of ether oxygens (including phenoxy) is 2. The van der Waals surface area contributed by atoms with Crippen LogP contribution < -0.4 is 20.1 Å². The Morgan fingerprint density at radius 2 is 1.88 bits per heavy atom. The number of carbonyl (C=O) groups is 2. The van der Waals surface area contributed by atoms with E-state index in [0.29, 0.717) is 35.3 Å². The smallest absolute Gasteiger partial charge is 0.252 e. The molecule has 2 N–H and O–H groups in total. The van der Waals surface area contributed by atoms with Crippen LogP contribution in [-0.4, -0.2) is 36.6 Å². The van der Waals surface area contributed by atoms with Crippen molar-refractivity contribution in [3.8, 4) is 11.5 Å². The number of halogens is 1. The normalized spacial score (nSPS) is 15.2. The van der Waals surface area contributed by atoms with Crippen LogP contribution in [0.2, 0.25) is 5.02 Å². The fraction of sp³-hybridized carbons (Fsp3) is 0.529. The minimum atomic E-state index is -0.675. The molecule has 0 bridgehead atoms. The molecule has 0 radical (unpaired) electrons. The minimum absolute atomic E-state index is 0.253. The summed E-state index contributed by atoms with van der Waals surface area (Å²) in [5, 5.41) is 5.79. The molecular formula is C17H23ClN2O4. The Kier molecular flexibility index (Phi) is 5.59. The van der Waals surface area contributed by atoms with E-state index in [4.69, 9.17) is 21.1 Å². The molecule has 1 heterocycles. The van der Waals surface area contributed by atoms with Gasteiger partial charge >= 0.3 is 0 Å². The van der Waals surface area contributed by atoms with Crippen LogP contribution in [0, 0.1) is 0 Å². The number of carbonyl (C=O) groups excluding carboxylic acids is 2. The lowest BCUT2D eigenvalue weighted by Gasteiger charge is -2.23. The molecule has 0 saturated heterocycles. The third-order valence-corrected chi connectivity index (χ3v) is 3.58. The van der Waals surface area contributed by atoms with Crippen LogP contribution in [0.3, 0.4) is 0 Å². The van der Waals surface area contributed by atoms with Crippen LogP contribution in [0.15, 0.2) is 12.1 Å². The predicted octanol–water partition coefficient (Wildman–Crippen LogP) is 2.53. The van der Waals surface area contributed by atoms with Crippen LogP contribution in [0.5, 0.6) is 11.5 Å². The highest BCUT2D eigenvalue weighted by molar-refractivity contribution is 6.32. The summed E-state index contributed by atoms with van der Waals surface area (Å²) in [6.45, 7) is 8.28. The Morgan fingerprint density at radius 1 is 1.21 bits per heavy atom. The van der Waals surface area contributed by atoms with Gasteiger partial charge in [0, 0.05) is 17.5 Å². The van der Waals surface area contributed by atoms with Crippen molar-refractivity contribution in [1.29, 1.82) is 0 Å². The number of nitrogens with one attached hydrogen (secondary N) is 2. The highest BCUT2D eigenvalue weighted by Crippen LogP contribution is 2.37. The largest absolute Gasteiger partial charge is 0.489 e. The summed E-state index contributed by atoms with van der Waals surface area (Å²) in [7, 11) is 0. The summed E-state index contributed by atoms with van der Waals surface area (Å²) in [4.78, 5) is 24.5. The molecular weight excluding hydrogens is 332 g/mol. The first-order valence-corrected chi connectivity index (χ1v) is 8.27. The van der Waals surface area contributed by atoms with Crippen molar-refractivity contribution in [2.24, 2.45) is 0 Å². The average Bonchev–Trinajstić information content (AvgIpc) is 2.70. The first-order valence-electron chi connectivity index (χ1n) is 7.89. The average molecular weight is 355 g/mol. The molecule has 1 aliphatic rings. The fourth-order valence-electron chi connectivity index (χ4n) is 2.19. The number of benzene rings is 1. The van der Waals surface area contributed by atoms with E-state index in [0.717, 1.165) is 6.42 Å². The highest BCUT2D eigenvalue weighted by atomic mass is 35.5. The summed E-state index contributed by atoms with van der Waals surface area (Å²) < 4.78 is 11.1. The molecule has 2 amide bonds. The number of rotatable bonds is 3. The molecule has 1 atom stereocenters. The zero-order valence-corrected chi connectivity index (χ0v) is 15.1. The summed E-state index contributed by atoms with van der Waals surface area (Å²) in [6, 6.07) is 2.42. The summed E-state index contributed by atoms with van der Waals surface area (Å²) >= 11 is 6.19. The molecule has 0 spiro atoms. The van der Waals surface area contributed by atoms with Gasteiger partial charge in [0.05, 0.1) is 18.2 Å². The van der Waals surface area contributed by atoms with E-state index in [1.807, 2.05) is 20.8 Å². The Hall–Kier alpha value is -1.95. The lowest BCUT2D eigenvalue weighted by Crippen LogP contribution is -2.50. The van der Waals surface area contributed by atoms with Gasteiger partial charge in [-0.05, 0) is 39.8 Å². The maximum atomic E-state index is 12.4. The van der Waals surface area contributed by atoms with E-state index in [1.54, 1.807) is 13.0 Å². The van der Waals surface area contributed by atoms with Crippen molar-refractivity contribution in [3.05, 3.63) is 22.7 Å². The predicted molar refractivity (Wildman–Crippen MR) is 91.9 cm³/mol. The molecule has 1 aromatic carbocycles. The molecule has 0 fully saturated rings. The monoisotopic (exact) mass is 354 g/mol. The molecule has 0 saturated carbocycles. The third-order valence-electron chi connectivity index (χ3n) is 3.30. The van der Waals surface area contributed by atoms with Crippen molar-refractivity contribution >= 4 is 23.4 Å². The number of fused-ring (bicyclic) bond motifs is 1. The van der Waals surface area contributed by atoms with Gasteiger partial charge in [-0.25, -0.2) is 0 Å². The second-order valence-electron chi connectivity index (χ2n) is 6.77. The molecule has 0 aromatic heterocycles. The van der Waals surface area contributed by atoms with Crippen LogP contribution in [-0.2, 0) is 4.79 Å². The topological polar surface area (TPSA) is 76.7 Å². The molecule has 1 aromatic rings. The summed E-state index contributed by atoms with van der Waals surface area (Å²) in [6.07, 6.45) is 0.747. The lowest BCUT2D eigenvalue weighted by molar-refractivity contribution is -0.124. The van der Waals surface area contributed by atoms with E-state index in [2.05, 4.69) is 10.6 Å². The van der Waals surface area contributed by atoms with Gasteiger partial charge in [-0.2, -0.15) is 0 Å². The van der Waals surface area contributed by atoms with E-state index in [1.165, 1.54) is 6.07 Å². The molecule has 6 nitrogen and oxygen atoms in total. The summed E-state index contributed by atoms with van der Waals surface area (Å²) in [5.74, 6) is 0.238. The van der Waals surface area contributed by atoms with Crippen molar-refractivity contribution < 1.29 is 19.1 Å². The van der Waals surface area contributed by atoms with E-state index in [9.17, 15) is 9.59 Å². The van der Waals surface area contributed by atoms with Crippen LogP contribution in [0.1, 0.15) is 44.5 Å². The quantitative estimate of drug-likeness (QED) is 0.874. The van der Waals surface area contributed by atoms with E-state index >= 15 is 0 Å². The number of amides is 2. The molecule has 7 heteroatoms. The van der Waals surface area contributed by atoms with Crippen molar-refractivity contribution in [2.75, 3.05) is 13.2 Å². The molecule has 0 aliphatic carbocycles. The third kappa shape index (κ3) is 4.77. The van der Waals surface area contributed by atoms with Crippen LogP contribution in [0.4, 0.5) is 0 Å². The first-order chi connectivity index (χ1) is 11.2. The standard InChI is InChI=1S/C17H23ClN2O4/c1-10(15(21)20-17(2,3)4)19-16(22)11-8-12(18)14-13(9-11)23-6-5-7-24-14/h8-10H,5-7H2,1-4H3,(H,19,22)(H,20,21)/t10-/m0/s1. The zero-order valence-electron chi connectivity index (χ0n) is 14.4. The number of hydrogen-bond acceptors (Lipinski definition) is 4. The van der Waals surface area contributed by atoms with Crippen molar-refractivity contribution in [1.82, 2.24) is 10.6 Å². The van der Waals surface area contributed by atoms with Crippen LogP contribution >= 0.6 is 11.6 Å². The lowest BCUT2D eigenvalue weighted by atomic mass is 10.1. The molecule has 24 heavy (non-hydrogen) atoms. The molecule has 2 rings (SSSR count). The maximum Gasteiger partial charge on any atom is 0.252 e. The van der Waals surface area contributed by atoms with E-state index in [-0.39, 0.29) is 11.4 Å². The summed E-state index contributed by atoms with van der Waals surface area (Å²) in [5.41, 5.74) is -0.0473. The van der Waals surface area contributed by atoms with Gasteiger partial charge in [0.1, 0.15) is 6.04 Å². The van der Waals surface area contributed by atoms with Gasteiger partial charge in [-0.15, -0.1) is 0 Å². The minimum Gasteiger partial charge on any atom is -0.489 e. The Balaban J connectivity index is 2.11. The molecule has 132 valence electrons. The highest BCUT2D eigenvalue weighted by Gasteiger charge is 2.23. The SMILES string of the molecule is C[C@H](NC(=O)c1cc(Cl)c2c(c1)OCCCO2)C(=O)NC(C)(C)C. The fourth-order valence-corrected chi connectivity index (χ4v) is 2.45. The van der Waals surface area contributed by atoms with Gasteiger partial charge in [0.15, 0.2) is 11.5 Å². The Morgan fingerprint density at radius 3 is 2.54 bits per heavy atom. The second kappa shape index (κ2) is 7.30. The Bertz CT molecular complexity index is 640. The molecule has 1 aliphatic heterocycles. The second-order valence-corrected chi connectivity index (χ2v) is 7.18. The van der Waals surface area contributed by atoms with Crippen molar-refractivity contribution in [2.45, 2.75) is 45.7 Å². The zero-order chi connectivity index (χ0) is 17.9. The van der Waals surface area contributed by atoms with Crippen LogP contribution in [0.25, 0.3) is 0 Å².